The number of anilines is 1. The number of ketones is 1. The molecule has 1 aromatic carbocycles. The molecule has 1 atom stereocenters. The van der Waals surface area contributed by atoms with Crippen molar-refractivity contribution in [2.75, 3.05) is 25.4 Å². The number of aliphatic hydroxyl groups is 1. The Hall–Kier alpha value is -2.98. The van der Waals surface area contributed by atoms with Crippen molar-refractivity contribution in [2.24, 2.45) is 0 Å². The fourth-order valence-corrected chi connectivity index (χ4v) is 3.80. The summed E-state index contributed by atoms with van der Waals surface area (Å²) in [5.41, 5.74) is 8.53. The number of pyridine rings is 2. The Kier molecular flexibility index (Phi) is 8.40. The van der Waals surface area contributed by atoms with Crippen LogP contribution >= 0.6 is 11.6 Å². The molecule has 0 aliphatic carbocycles. The summed E-state index contributed by atoms with van der Waals surface area (Å²) in [4.78, 5) is 23.3. The number of carbonyl (C=O) groups excluding carboxylic acids is 1. The van der Waals surface area contributed by atoms with Gasteiger partial charge in [-0.15, -0.1) is 0 Å². The van der Waals surface area contributed by atoms with E-state index < -0.39 is 6.10 Å². The van der Waals surface area contributed by atoms with Crippen LogP contribution in [0.1, 0.15) is 53.9 Å². The van der Waals surface area contributed by atoms with E-state index in [1.807, 2.05) is 19.1 Å². The lowest BCUT2D eigenvalue weighted by Gasteiger charge is -2.21. The van der Waals surface area contributed by atoms with Gasteiger partial charge >= 0.3 is 0 Å². The van der Waals surface area contributed by atoms with E-state index in [1.165, 1.54) is 6.20 Å². The van der Waals surface area contributed by atoms with Gasteiger partial charge in [0.05, 0.1) is 11.7 Å². The second-order valence-electron chi connectivity index (χ2n) is 7.99. The Morgan fingerprint density at radius 3 is 2.64 bits per heavy atom. The molecule has 2 heterocycles. The maximum atomic E-state index is 12.6. The largest absolute Gasteiger partial charge is 0.392 e. The van der Waals surface area contributed by atoms with Gasteiger partial charge in [-0.1, -0.05) is 37.4 Å². The summed E-state index contributed by atoms with van der Waals surface area (Å²) in [6.07, 6.45) is 3.40. The molecule has 0 saturated carbocycles. The lowest BCUT2D eigenvalue weighted by atomic mass is 10.0. The molecule has 0 spiro atoms. The van der Waals surface area contributed by atoms with Gasteiger partial charge in [0.25, 0.3) is 0 Å². The number of fused-ring (bicyclic) bond motifs is 1. The normalized spacial score (nSPS) is 11.9. The number of aryl methyl sites for hydroxylation is 1. The van der Waals surface area contributed by atoms with Crippen molar-refractivity contribution >= 4 is 34.0 Å². The monoisotopic (exact) mass is 464 g/mol. The van der Waals surface area contributed by atoms with Gasteiger partial charge in [-0.3, -0.25) is 4.79 Å². The molecule has 6 nitrogen and oxygen atoms in total. The number of benzene rings is 1. The molecule has 33 heavy (non-hydrogen) atoms. The Balaban J connectivity index is 1.75. The third kappa shape index (κ3) is 6.29. The first kappa shape index (κ1) is 24.7. The third-order valence-electron chi connectivity index (χ3n) is 5.66. The van der Waals surface area contributed by atoms with E-state index in [4.69, 9.17) is 17.3 Å². The molecular formula is C26H29ClN4O2. The molecule has 3 aromatic rings. The van der Waals surface area contributed by atoms with Gasteiger partial charge < -0.3 is 15.7 Å². The molecule has 7 heteroatoms. The summed E-state index contributed by atoms with van der Waals surface area (Å²) >= 11 is 6.15. The molecule has 0 bridgehead atoms. The van der Waals surface area contributed by atoms with E-state index >= 15 is 0 Å². The zero-order valence-corrected chi connectivity index (χ0v) is 20.0. The van der Waals surface area contributed by atoms with Crippen LogP contribution in [0, 0.1) is 18.8 Å². The van der Waals surface area contributed by atoms with Crippen molar-refractivity contribution in [1.82, 2.24) is 14.9 Å². The lowest BCUT2D eigenvalue weighted by molar-refractivity contribution is 0.0876. The van der Waals surface area contributed by atoms with Crippen LogP contribution in [0.5, 0.6) is 0 Å². The number of aromatic nitrogens is 2. The van der Waals surface area contributed by atoms with Gasteiger partial charge in [-0.25, -0.2) is 9.97 Å². The van der Waals surface area contributed by atoms with Crippen molar-refractivity contribution in [1.29, 1.82) is 0 Å². The molecule has 172 valence electrons. The number of nitrogens with zero attached hydrogens (tertiary/aromatic N) is 3. The number of Topliss-reactive ketones (excluding diaryl/α,β-unsaturated/α-hetero) is 1. The number of hydrogen-bond acceptors (Lipinski definition) is 6. The molecule has 2 aromatic heterocycles. The number of halogens is 1. The van der Waals surface area contributed by atoms with Gasteiger partial charge in [-0.2, -0.15) is 0 Å². The van der Waals surface area contributed by atoms with Gasteiger partial charge in [0.15, 0.2) is 5.78 Å². The third-order valence-corrected chi connectivity index (χ3v) is 5.89. The highest BCUT2D eigenvalue weighted by atomic mass is 35.5. The average molecular weight is 465 g/mol. The summed E-state index contributed by atoms with van der Waals surface area (Å²) in [6, 6.07) is 7.27. The van der Waals surface area contributed by atoms with Crippen LogP contribution in [0.3, 0.4) is 0 Å². The molecule has 3 rings (SSSR count). The van der Waals surface area contributed by atoms with Crippen molar-refractivity contribution in [3.8, 4) is 11.8 Å². The zero-order chi connectivity index (χ0) is 24.0. The number of likely N-dealkylation sites (N-methyl/N-ethyl adjacent to an activating group) is 1. The van der Waals surface area contributed by atoms with Crippen molar-refractivity contribution in [2.45, 2.75) is 39.7 Å². The molecular weight excluding hydrogens is 436 g/mol. The van der Waals surface area contributed by atoms with E-state index in [0.717, 1.165) is 29.4 Å². The van der Waals surface area contributed by atoms with Gasteiger partial charge in [-0.05, 0) is 56.1 Å². The Morgan fingerprint density at radius 1 is 1.18 bits per heavy atom. The summed E-state index contributed by atoms with van der Waals surface area (Å²) in [5.74, 6) is 6.41. The number of carbonyl (C=O) groups is 1. The van der Waals surface area contributed by atoms with Crippen molar-refractivity contribution < 1.29 is 9.90 Å². The van der Waals surface area contributed by atoms with Crippen LogP contribution in [0.15, 0.2) is 36.7 Å². The van der Waals surface area contributed by atoms with Gasteiger partial charge in [0.1, 0.15) is 11.5 Å². The fourth-order valence-electron chi connectivity index (χ4n) is 3.62. The second kappa shape index (κ2) is 11.2. The number of nitrogen functional groups attached to an aromatic ring is 1. The predicted octanol–water partition coefficient (Wildman–Crippen LogP) is 4.24. The second-order valence-corrected chi connectivity index (χ2v) is 8.43. The summed E-state index contributed by atoms with van der Waals surface area (Å²) in [7, 11) is 0. The molecule has 0 fully saturated rings. The first-order valence-corrected chi connectivity index (χ1v) is 11.5. The van der Waals surface area contributed by atoms with Crippen molar-refractivity contribution in [3.63, 3.8) is 0 Å². The van der Waals surface area contributed by atoms with Crippen LogP contribution in [0.2, 0.25) is 5.02 Å². The first-order chi connectivity index (χ1) is 15.8. The molecule has 3 N–H and O–H groups in total. The topological polar surface area (TPSA) is 92.3 Å². The van der Waals surface area contributed by atoms with E-state index in [1.54, 1.807) is 18.3 Å². The number of nitrogens with two attached hydrogens (primary N) is 1. The molecule has 0 radical (unpaired) electrons. The number of aliphatic hydroxyl groups excluding tert-OH is 1. The highest BCUT2D eigenvalue weighted by Gasteiger charge is 2.14. The Morgan fingerprint density at radius 2 is 1.94 bits per heavy atom. The predicted molar refractivity (Wildman–Crippen MR) is 133 cm³/mol. The number of rotatable bonds is 8. The molecule has 0 aliphatic heterocycles. The van der Waals surface area contributed by atoms with Gasteiger partial charge in [0, 0.05) is 46.7 Å². The van der Waals surface area contributed by atoms with Crippen LogP contribution in [0.4, 0.5) is 5.82 Å². The van der Waals surface area contributed by atoms with Crippen LogP contribution in [-0.2, 0) is 0 Å². The van der Waals surface area contributed by atoms with Crippen molar-refractivity contribution in [3.05, 3.63) is 64.1 Å². The molecule has 0 saturated heterocycles. The maximum Gasteiger partial charge on any atom is 0.164 e. The zero-order valence-electron chi connectivity index (χ0n) is 19.2. The van der Waals surface area contributed by atoms with E-state index in [0.29, 0.717) is 40.6 Å². The van der Waals surface area contributed by atoms with Crippen LogP contribution < -0.4 is 5.73 Å². The minimum Gasteiger partial charge on any atom is -0.392 e. The molecule has 1 unspecified atom stereocenters. The highest BCUT2D eigenvalue weighted by molar-refractivity contribution is 6.31. The fraction of sp³-hybridized carbons (Fsp3) is 0.346. The van der Waals surface area contributed by atoms with E-state index in [2.05, 4.69) is 40.6 Å². The molecule has 0 amide bonds. The number of hydrogen-bond donors (Lipinski definition) is 2. The summed E-state index contributed by atoms with van der Waals surface area (Å²) < 4.78 is 0. The summed E-state index contributed by atoms with van der Waals surface area (Å²) in [5, 5.41) is 12.5. The van der Waals surface area contributed by atoms with Crippen LogP contribution in [0.25, 0.3) is 10.8 Å². The molecule has 0 aliphatic rings. The van der Waals surface area contributed by atoms with Crippen LogP contribution in [-0.4, -0.2) is 51.5 Å². The SMILES string of the molecule is CCN(CC)CC(O)CCC(=O)c1cnc(C#Cc2c(N)ncc3ccc(Cl)cc23)c(C)c1. The summed E-state index contributed by atoms with van der Waals surface area (Å²) in [6.45, 7) is 8.30. The first-order valence-electron chi connectivity index (χ1n) is 11.1. The average Bonchev–Trinajstić information content (AvgIpc) is 2.81. The minimum absolute atomic E-state index is 0.0409. The smallest absolute Gasteiger partial charge is 0.164 e. The lowest BCUT2D eigenvalue weighted by Crippen LogP contribution is -2.32. The quantitative estimate of drug-likeness (QED) is 0.382. The highest BCUT2D eigenvalue weighted by Crippen LogP contribution is 2.25. The van der Waals surface area contributed by atoms with E-state index in [9.17, 15) is 9.90 Å². The van der Waals surface area contributed by atoms with E-state index in [-0.39, 0.29) is 12.2 Å². The minimum atomic E-state index is -0.527. The Bertz CT molecular complexity index is 1210. The Labute approximate surface area is 199 Å². The standard InChI is InChI=1S/C26H29ClN4O2/c1-4-31(5-2)16-21(32)8-11-25(33)19-12-17(3)24(29-15-19)10-9-22-23-13-20(27)7-6-18(23)14-30-26(22)28/h6-7,12-15,21,32H,4-5,8,11,16H2,1-3H3,(H2,28,30). The maximum absolute atomic E-state index is 12.6. The van der Waals surface area contributed by atoms with Gasteiger partial charge in [0.2, 0.25) is 0 Å².